The van der Waals surface area contributed by atoms with E-state index in [1.54, 1.807) is 12.3 Å². The van der Waals surface area contributed by atoms with Gasteiger partial charge in [-0.1, -0.05) is 18.2 Å². The maximum Gasteiger partial charge on any atom is 0.338 e. The molecule has 19 heavy (non-hydrogen) atoms. The maximum absolute atomic E-state index is 11.6. The van der Waals surface area contributed by atoms with Crippen molar-refractivity contribution in [2.45, 2.75) is 6.54 Å². The molecule has 2 rings (SSSR count). The highest BCUT2D eigenvalue weighted by Crippen LogP contribution is 2.14. The van der Waals surface area contributed by atoms with Crippen LogP contribution in [0, 0.1) is 0 Å². The van der Waals surface area contributed by atoms with Crippen LogP contribution in [0.1, 0.15) is 15.9 Å². The van der Waals surface area contributed by atoms with Crippen LogP contribution in [-0.2, 0) is 11.3 Å². The number of halogens is 1. The molecule has 0 spiro atoms. The van der Waals surface area contributed by atoms with Gasteiger partial charge in [-0.05, 0) is 39.7 Å². The van der Waals surface area contributed by atoms with Crippen LogP contribution in [0.3, 0.4) is 0 Å². The summed E-state index contributed by atoms with van der Waals surface area (Å²) in [6, 6.07) is 11.1. The normalized spacial score (nSPS) is 10.0. The molecule has 1 aromatic heterocycles. The van der Waals surface area contributed by atoms with E-state index in [-0.39, 0.29) is 5.97 Å². The van der Waals surface area contributed by atoms with E-state index in [9.17, 15) is 4.79 Å². The van der Waals surface area contributed by atoms with Gasteiger partial charge in [0.2, 0.25) is 0 Å². The topological polar surface area (TPSA) is 51.2 Å². The molecule has 1 heterocycles. The largest absolute Gasteiger partial charge is 0.465 e. The van der Waals surface area contributed by atoms with Gasteiger partial charge in [-0.15, -0.1) is 0 Å². The van der Waals surface area contributed by atoms with Crippen LogP contribution in [-0.4, -0.2) is 18.1 Å². The summed E-state index contributed by atoms with van der Waals surface area (Å²) in [5, 5.41) is 3.22. The summed E-state index contributed by atoms with van der Waals surface area (Å²) in [5.41, 5.74) is 2.35. The lowest BCUT2D eigenvalue weighted by molar-refractivity contribution is 0.0599. The van der Waals surface area contributed by atoms with E-state index in [1.165, 1.54) is 7.11 Å². The average Bonchev–Trinajstić information content (AvgIpc) is 2.46. The molecule has 2 aromatic rings. The van der Waals surface area contributed by atoms with Gasteiger partial charge in [0.15, 0.2) is 0 Å². The molecule has 0 aliphatic rings. The van der Waals surface area contributed by atoms with Crippen molar-refractivity contribution < 1.29 is 9.53 Å². The molecule has 4 nitrogen and oxygen atoms in total. The first-order chi connectivity index (χ1) is 9.20. The molecule has 0 saturated heterocycles. The number of benzene rings is 1. The number of pyridine rings is 1. The number of esters is 1. The Balaban J connectivity index is 2.11. The molecule has 0 aliphatic carbocycles. The summed E-state index contributed by atoms with van der Waals surface area (Å²) in [7, 11) is 1.38. The molecule has 0 bridgehead atoms. The number of nitrogens with zero attached hydrogens (tertiary/aromatic N) is 1. The molecule has 0 amide bonds. The Morgan fingerprint density at radius 3 is 2.79 bits per heavy atom. The average molecular weight is 321 g/mol. The molecule has 0 unspecified atom stereocenters. The van der Waals surface area contributed by atoms with Crippen LogP contribution in [0.2, 0.25) is 0 Å². The highest BCUT2D eigenvalue weighted by Gasteiger charge is 2.10. The minimum Gasteiger partial charge on any atom is -0.465 e. The van der Waals surface area contributed by atoms with Gasteiger partial charge < -0.3 is 10.1 Å². The predicted octanol–water partition coefficient (Wildman–Crippen LogP) is 3.24. The number of rotatable bonds is 4. The summed E-state index contributed by atoms with van der Waals surface area (Å²) in [6.45, 7) is 0.536. The van der Waals surface area contributed by atoms with E-state index in [0.717, 1.165) is 15.9 Å². The third-order valence-corrected chi connectivity index (χ3v) is 3.10. The van der Waals surface area contributed by atoms with Crippen LogP contribution in [0.5, 0.6) is 0 Å². The standard InChI is InChI=1S/C14H13BrN2O2/c1-19-14(18)12-5-3-2-4-10(12)8-16-11-6-7-13(15)17-9-11/h2-7,9,16H,8H2,1H3. The molecule has 1 N–H and O–H groups in total. The highest BCUT2D eigenvalue weighted by atomic mass is 79.9. The minimum absolute atomic E-state index is 0.327. The second kappa shape index (κ2) is 6.33. The van der Waals surface area contributed by atoms with Crippen molar-refractivity contribution in [3.63, 3.8) is 0 Å². The van der Waals surface area contributed by atoms with E-state index in [2.05, 4.69) is 26.2 Å². The second-order valence-electron chi connectivity index (χ2n) is 3.87. The lowest BCUT2D eigenvalue weighted by Crippen LogP contribution is -2.09. The molecular formula is C14H13BrN2O2. The molecule has 0 saturated carbocycles. The first-order valence-electron chi connectivity index (χ1n) is 5.72. The van der Waals surface area contributed by atoms with Gasteiger partial charge >= 0.3 is 5.97 Å². The Bertz CT molecular complexity index is 570. The molecule has 0 radical (unpaired) electrons. The lowest BCUT2D eigenvalue weighted by atomic mass is 10.1. The second-order valence-corrected chi connectivity index (χ2v) is 4.68. The van der Waals surface area contributed by atoms with Crippen LogP contribution in [0.25, 0.3) is 0 Å². The highest BCUT2D eigenvalue weighted by molar-refractivity contribution is 9.10. The first kappa shape index (κ1) is 13.5. The molecule has 1 aromatic carbocycles. The Hall–Kier alpha value is -1.88. The number of methoxy groups -OCH3 is 1. The fourth-order valence-electron chi connectivity index (χ4n) is 1.66. The third-order valence-electron chi connectivity index (χ3n) is 2.63. The van der Waals surface area contributed by atoms with Gasteiger partial charge in [0, 0.05) is 6.54 Å². The van der Waals surface area contributed by atoms with E-state index >= 15 is 0 Å². The van der Waals surface area contributed by atoms with E-state index in [1.807, 2.05) is 30.3 Å². The van der Waals surface area contributed by atoms with Crippen molar-refractivity contribution in [2.24, 2.45) is 0 Å². The Morgan fingerprint density at radius 2 is 2.11 bits per heavy atom. The lowest BCUT2D eigenvalue weighted by Gasteiger charge is -2.09. The van der Waals surface area contributed by atoms with Crippen molar-refractivity contribution >= 4 is 27.6 Å². The number of ether oxygens (including phenoxy) is 1. The van der Waals surface area contributed by atoms with Crippen molar-refractivity contribution in [1.29, 1.82) is 0 Å². The van der Waals surface area contributed by atoms with Gasteiger partial charge in [0.05, 0.1) is 24.6 Å². The zero-order chi connectivity index (χ0) is 13.7. The van der Waals surface area contributed by atoms with Crippen molar-refractivity contribution in [2.75, 3.05) is 12.4 Å². The van der Waals surface area contributed by atoms with Crippen molar-refractivity contribution in [3.8, 4) is 0 Å². The minimum atomic E-state index is -0.327. The van der Waals surface area contributed by atoms with Crippen LogP contribution >= 0.6 is 15.9 Å². The van der Waals surface area contributed by atoms with Crippen LogP contribution in [0.4, 0.5) is 5.69 Å². The number of aromatic nitrogens is 1. The van der Waals surface area contributed by atoms with E-state index in [0.29, 0.717) is 12.1 Å². The van der Waals surface area contributed by atoms with Crippen LogP contribution in [0.15, 0.2) is 47.2 Å². The SMILES string of the molecule is COC(=O)c1ccccc1CNc1ccc(Br)nc1. The number of carbonyl (C=O) groups excluding carboxylic acids is 1. The molecule has 98 valence electrons. The molecule has 5 heteroatoms. The fourth-order valence-corrected chi connectivity index (χ4v) is 1.90. The summed E-state index contributed by atoms with van der Waals surface area (Å²) >= 11 is 3.28. The Labute approximate surface area is 119 Å². The number of nitrogens with one attached hydrogen (secondary N) is 1. The summed E-state index contributed by atoms with van der Waals surface area (Å²) in [6.07, 6.45) is 1.73. The number of anilines is 1. The van der Waals surface area contributed by atoms with Gasteiger partial charge in [-0.3, -0.25) is 0 Å². The fraction of sp³-hybridized carbons (Fsp3) is 0.143. The first-order valence-corrected chi connectivity index (χ1v) is 6.51. The maximum atomic E-state index is 11.6. The predicted molar refractivity (Wildman–Crippen MR) is 77.0 cm³/mol. The summed E-state index contributed by atoms with van der Waals surface area (Å²) in [5.74, 6) is -0.327. The molecule has 0 atom stereocenters. The summed E-state index contributed by atoms with van der Waals surface area (Å²) in [4.78, 5) is 15.7. The number of hydrogen-bond donors (Lipinski definition) is 1. The Kier molecular flexibility index (Phi) is 4.52. The monoisotopic (exact) mass is 320 g/mol. The van der Waals surface area contributed by atoms with Crippen molar-refractivity contribution in [1.82, 2.24) is 4.98 Å². The third kappa shape index (κ3) is 3.54. The molecular weight excluding hydrogens is 308 g/mol. The number of hydrogen-bond acceptors (Lipinski definition) is 4. The molecule has 0 aliphatic heterocycles. The Morgan fingerprint density at radius 1 is 1.32 bits per heavy atom. The summed E-state index contributed by atoms with van der Waals surface area (Å²) < 4.78 is 5.54. The zero-order valence-electron chi connectivity index (χ0n) is 10.4. The van der Waals surface area contributed by atoms with Gasteiger partial charge in [0.25, 0.3) is 0 Å². The van der Waals surface area contributed by atoms with Crippen LogP contribution < -0.4 is 5.32 Å². The van der Waals surface area contributed by atoms with E-state index in [4.69, 9.17) is 4.74 Å². The van der Waals surface area contributed by atoms with Gasteiger partial charge in [-0.25, -0.2) is 9.78 Å². The quantitative estimate of drug-likeness (QED) is 0.694. The smallest absolute Gasteiger partial charge is 0.338 e. The van der Waals surface area contributed by atoms with Gasteiger partial charge in [0.1, 0.15) is 4.60 Å². The van der Waals surface area contributed by atoms with Gasteiger partial charge in [-0.2, -0.15) is 0 Å². The zero-order valence-corrected chi connectivity index (χ0v) is 12.0. The number of carbonyl (C=O) groups is 1. The van der Waals surface area contributed by atoms with Crippen molar-refractivity contribution in [3.05, 3.63) is 58.3 Å². The van der Waals surface area contributed by atoms with E-state index < -0.39 is 0 Å². The molecule has 0 fully saturated rings.